The first kappa shape index (κ1) is 71.5. The van der Waals surface area contributed by atoms with Crippen molar-refractivity contribution in [2.24, 2.45) is 0 Å². The van der Waals surface area contributed by atoms with Crippen LogP contribution in [-0.4, -0.2) is 37.2 Å². The molecule has 0 radical (unpaired) electrons. The molecule has 0 saturated carbocycles. The predicted octanol–water partition coefficient (Wildman–Crippen LogP) is 20.9. The average Bonchev–Trinajstić information content (AvgIpc) is 3.43. The van der Waals surface area contributed by atoms with Crippen LogP contribution >= 0.6 is 0 Å². The first-order valence-corrected chi connectivity index (χ1v) is 30.3. The van der Waals surface area contributed by atoms with E-state index >= 15 is 0 Å². The lowest BCUT2D eigenvalue weighted by atomic mass is 10.1. The van der Waals surface area contributed by atoms with Crippen molar-refractivity contribution in [3.8, 4) is 0 Å². The highest BCUT2D eigenvalue weighted by molar-refractivity contribution is 5.71. The molecule has 0 bridgehead atoms. The fourth-order valence-electron chi connectivity index (χ4n) is 7.45. The van der Waals surface area contributed by atoms with Gasteiger partial charge in [0.15, 0.2) is 6.10 Å². The van der Waals surface area contributed by atoms with E-state index < -0.39 is 6.10 Å². The smallest absolute Gasteiger partial charge is 0.306 e. The van der Waals surface area contributed by atoms with E-state index in [1.165, 1.54) is 25.7 Å². The normalized spacial score (nSPS) is 13.4. The second kappa shape index (κ2) is 63.0. The zero-order valence-electron chi connectivity index (χ0n) is 48.9. The first-order chi connectivity index (χ1) is 38.0. The summed E-state index contributed by atoms with van der Waals surface area (Å²) < 4.78 is 16.7. The fourth-order valence-corrected chi connectivity index (χ4v) is 7.45. The molecular weight excluding hydrogens is 949 g/mol. The van der Waals surface area contributed by atoms with Crippen LogP contribution in [0.15, 0.2) is 182 Å². The number of ether oxygens (including phenoxy) is 3. The molecule has 0 aliphatic rings. The van der Waals surface area contributed by atoms with Crippen molar-refractivity contribution in [1.82, 2.24) is 0 Å². The molecule has 0 amide bonds. The molecule has 0 fully saturated rings. The summed E-state index contributed by atoms with van der Waals surface area (Å²) in [5, 5.41) is 0. The van der Waals surface area contributed by atoms with Crippen molar-refractivity contribution in [1.29, 1.82) is 0 Å². The summed E-state index contributed by atoms with van der Waals surface area (Å²) in [7, 11) is 0. The summed E-state index contributed by atoms with van der Waals surface area (Å²) in [5.41, 5.74) is 0. The van der Waals surface area contributed by atoms with Crippen LogP contribution < -0.4 is 0 Å². The second-order valence-electron chi connectivity index (χ2n) is 19.1. The minimum atomic E-state index is -0.823. The van der Waals surface area contributed by atoms with Crippen LogP contribution in [0.2, 0.25) is 0 Å². The Balaban J connectivity index is 4.38. The Hall–Kier alpha value is -5.49. The van der Waals surface area contributed by atoms with Gasteiger partial charge in [-0.2, -0.15) is 0 Å². The van der Waals surface area contributed by atoms with Crippen LogP contribution in [0, 0.1) is 0 Å². The highest BCUT2D eigenvalue weighted by Crippen LogP contribution is 2.12. The fraction of sp³-hybridized carbons (Fsp3) is 0.535. The van der Waals surface area contributed by atoms with E-state index in [1.54, 1.807) is 0 Å². The third kappa shape index (κ3) is 61.2. The van der Waals surface area contributed by atoms with Gasteiger partial charge in [0, 0.05) is 19.3 Å². The lowest BCUT2D eigenvalue weighted by Crippen LogP contribution is -2.30. The van der Waals surface area contributed by atoms with Gasteiger partial charge in [0.2, 0.25) is 0 Å². The number of carbonyl (C=O) groups excluding carboxylic acids is 3. The number of carbonyl (C=O) groups is 3. The SMILES string of the molecule is CC/C=C\C/C=C\C/C=C\C/C=C\C/C=C\C/C=C\C/C=C\C/C=C\C/C=C\CCCC(=O)OCC(COC(=O)CCCCCCCCC)OC(=O)CCCCCC/C=C\C/C=C\C/C=C\C/C=C\C/C=C\C/C=C\CC. The third-order valence-corrected chi connectivity index (χ3v) is 11.9. The van der Waals surface area contributed by atoms with E-state index in [2.05, 4.69) is 203 Å². The molecule has 0 rings (SSSR count). The summed E-state index contributed by atoms with van der Waals surface area (Å²) in [6.07, 6.45) is 94.9. The number of hydrogen-bond acceptors (Lipinski definition) is 6. The van der Waals surface area contributed by atoms with Gasteiger partial charge in [0.1, 0.15) is 13.2 Å². The maximum absolute atomic E-state index is 12.8. The molecular formula is C71H108O6. The van der Waals surface area contributed by atoms with Gasteiger partial charge in [-0.1, -0.05) is 254 Å². The van der Waals surface area contributed by atoms with Crippen LogP contribution in [0.3, 0.4) is 0 Å². The molecule has 77 heavy (non-hydrogen) atoms. The molecule has 0 aliphatic carbocycles. The van der Waals surface area contributed by atoms with E-state index in [0.717, 1.165) is 154 Å². The van der Waals surface area contributed by atoms with Crippen molar-refractivity contribution in [3.05, 3.63) is 182 Å². The number of hydrogen-bond donors (Lipinski definition) is 0. The molecule has 1 atom stereocenters. The van der Waals surface area contributed by atoms with Gasteiger partial charge in [0.05, 0.1) is 0 Å². The van der Waals surface area contributed by atoms with E-state index in [0.29, 0.717) is 12.8 Å². The molecule has 0 saturated heterocycles. The summed E-state index contributed by atoms with van der Waals surface area (Å²) >= 11 is 0. The van der Waals surface area contributed by atoms with E-state index in [-0.39, 0.29) is 44.0 Å². The van der Waals surface area contributed by atoms with Crippen LogP contribution in [0.4, 0.5) is 0 Å². The molecule has 6 nitrogen and oxygen atoms in total. The van der Waals surface area contributed by atoms with E-state index in [4.69, 9.17) is 14.2 Å². The van der Waals surface area contributed by atoms with Crippen molar-refractivity contribution in [2.45, 2.75) is 232 Å². The Kier molecular flexibility index (Phi) is 58.6. The highest BCUT2D eigenvalue weighted by Gasteiger charge is 2.19. The summed E-state index contributed by atoms with van der Waals surface area (Å²) in [5.74, 6) is -1.02. The van der Waals surface area contributed by atoms with Gasteiger partial charge < -0.3 is 14.2 Å². The van der Waals surface area contributed by atoms with Crippen molar-refractivity contribution in [2.75, 3.05) is 13.2 Å². The number of esters is 3. The maximum Gasteiger partial charge on any atom is 0.306 e. The van der Waals surface area contributed by atoms with Crippen LogP contribution in [0.25, 0.3) is 0 Å². The van der Waals surface area contributed by atoms with Gasteiger partial charge in [-0.25, -0.2) is 0 Å². The van der Waals surface area contributed by atoms with Crippen LogP contribution in [0.1, 0.15) is 226 Å². The molecule has 0 N–H and O–H groups in total. The molecule has 6 heteroatoms. The highest BCUT2D eigenvalue weighted by atomic mass is 16.6. The molecule has 0 aliphatic heterocycles. The standard InChI is InChI=1S/C71H108O6/c1-4-7-10-13-16-18-20-22-24-26-28-30-32-33-34-35-36-37-39-40-42-44-46-48-50-52-55-58-61-64-70(73)76-67-68(66-75-69(72)63-60-57-54-15-12-9-6-3)77-71(74)65-62-59-56-53-51-49-47-45-43-41-38-31-29-27-25-23-21-19-17-14-11-8-5-2/h7-8,10-11,16-19,22-25,28-31,33-34,36-37,40-43,46-49,52,55,68H,4-6,9,12-15,20-21,26-27,32,35,38-39,44-45,50-51,53-54,56-67H2,1-3H3/b10-7-,11-8-,18-16-,19-17-,24-22-,25-23-,30-28-,31-29-,34-33-,37-36-,42-40-,43-41-,48-46-,49-47-,55-52-. The molecule has 428 valence electrons. The Morgan fingerprint density at radius 1 is 0.273 bits per heavy atom. The molecule has 0 spiro atoms. The van der Waals surface area contributed by atoms with Gasteiger partial charge in [-0.05, 0) is 135 Å². The lowest BCUT2D eigenvalue weighted by molar-refractivity contribution is -0.167. The Morgan fingerprint density at radius 3 is 0.844 bits per heavy atom. The molecule has 0 heterocycles. The van der Waals surface area contributed by atoms with Gasteiger partial charge >= 0.3 is 17.9 Å². The summed E-state index contributed by atoms with van der Waals surface area (Å²) in [6, 6.07) is 0. The van der Waals surface area contributed by atoms with Crippen molar-refractivity contribution < 1.29 is 28.6 Å². The average molecular weight is 1060 g/mol. The Morgan fingerprint density at radius 2 is 0.519 bits per heavy atom. The Bertz CT molecular complexity index is 1840. The Labute approximate surface area is 472 Å². The lowest BCUT2D eigenvalue weighted by Gasteiger charge is -2.18. The molecule has 0 aromatic heterocycles. The zero-order chi connectivity index (χ0) is 55.7. The summed E-state index contributed by atoms with van der Waals surface area (Å²) in [6.45, 7) is 6.27. The molecule has 0 aromatic rings. The van der Waals surface area contributed by atoms with Crippen LogP contribution in [-0.2, 0) is 28.6 Å². The molecule has 0 aromatic carbocycles. The predicted molar refractivity (Wildman–Crippen MR) is 334 cm³/mol. The first-order valence-electron chi connectivity index (χ1n) is 30.3. The summed E-state index contributed by atoms with van der Waals surface area (Å²) in [4.78, 5) is 38.0. The van der Waals surface area contributed by atoms with Gasteiger partial charge in [0.25, 0.3) is 0 Å². The minimum Gasteiger partial charge on any atom is -0.462 e. The van der Waals surface area contributed by atoms with Gasteiger partial charge in [-0.3, -0.25) is 14.4 Å². The number of allylic oxidation sites excluding steroid dienone is 30. The largest absolute Gasteiger partial charge is 0.462 e. The molecule has 1 unspecified atom stereocenters. The van der Waals surface area contributed by atoms with Crippen LogP contribution in [0.5, 0.6) is 0 Å². The van der Waals surface area contributed by atoms with Gasteiger partial charge in [-0.15, -0.1) is 0 Å². The monoisotopic (exact) mass is 1060 g/mol. The maximum atomic E-state index is 12.8. The third-order valence-electron chi connectivity index (χ3n) is 11.9. The van der Waals surface area contributed by atoms with E-state index in [9.17, 15) is 14.4 Å². The number of unbranched alkanes of at least 4 members (excludes halogenated alkanes) is 11. The minimum absolute atomic E-state index is 0.115. The zero-order valence-corrected chi connectivity index (χ0v) is 48.9. The second-order valence-corrected chi connectivity index (χ2v) is 19.1. The number of rotatable bonds is 52. The topological polar surface area (TPSA) is 78.9 Å². The van der Waals surface area contributed by atoms with Crippen molar-refractivity contribution >= 4 is 17.9 Å². The quantitative estimate of drug-likeness (QED) is 0.0261. The van der Waals surface area contributed by atoms with E-state index in [1.807, 2.05) is 0 Å². The van der Waals surface area contributed by atoms with Crippen molar-refractivity contribution in [3.63, 3.8) is 0 Å².